The van der Waals surface area contributed by atoms with Gasteiger partial charge >= 0.3 is 0 Å². The van der Waals surface area contributed by atoms with Crippen molar-refractivity contribution in [2.75, 3.05) is 4.90 Å². The Balaban J connectivity index is 1.15. The van der Waals surface area contributed by atoms with Crippen molar-refractivity contribution in [1.82, 2.24) is 4.98 Å². The first-order chi connectivity index (χ1) is 24.8. The molecule has 0 unspecified atom stereocenters. The van der Waals surface area contributed by atoms with Gasteiger partial charge in [0, 0.05) is 43.9 Å². The summed E-state index contributed by atoms with van der Waals surface area (Å²) in [6.45, 7) is 0. The highest BCUT2D eigenvalue weighted by Crippen LogP contribution is 2.46. The Kier molecular flexibility index (Phi) is 5.60. The quantitative estimate of drug-likeness (QED) is 0.191. The fourth-order valence-electron chi connectivity index (χ4n) is 7.64. The monoisotopic (exact) mass is 642 g/mol. The van der Waals surface area contributed by atoms with Crippen molar-refractivity contribution >= 4 is 93.6 Å². The molecule has 0 aliphatic rings. The summed E-state index contributed by atoms with van der Waals surface area (Å²) in [5, 5.41) is 8.70. The van der Waals surface area contributed by atoms with Crippen molar-refractivity contribution in [3.8, 4) is 11.5 Å². The van der Waals surface area contributed by atoms with Gasteiger partial charge in [-0.1, -0.05) is 97.1 Å². The van der Waals surface area contributed by atoms with E-state index in [1.165, 1.54) is 10.8 Å². The molecule has 0 radical (unpaired) electrons. The molecule has 0 aliphatic carbocycles. The fourth-order valence-corrected chi connectivity index (χ4v) is 7.64. The van der Waals surface area contributed by atoms with E-state index in [-0.39, 0.29) is 0 Å². The second-order valence-electron chi connectivity index (χ2n) is 12.7. The van der Waals surface area contributed by atoms with Crippen molar-refractivity contribution in [1.29, 1.82) is 0 Å². The number of hydrogen-bond donors (Lipinski definition) is 0. The largest absolute Gasteiger partial charge is 0.456 e. The van der Waals surface area contributed by atoms with Crippen molar-refractivity contribution in [2.45, 2.75) is 0 Å². The summed E-state index contributed by atoms with van der Waals surface area (Å²) in [6, 6.07) is 54.3. The molecule has 5 nitrogen and oxygen atoms in total. The molecule has 3 aromatic heterocycles. The van der Waals surface area contributed by atoms with Gasteiger partial charge in [-0.25, -0.2) is 4.98 Å². The van der Waals surface area contributed by atoms with Gasteiger partial charge in [0.2, 0.25) is 5.89 Å². The van der Waals surface area contributed by atoms with E-state index in [1.54, 1.807) is 0 Å². The van der Waals surface area contributed by atoms with Gasteiger partial charge in [-0.15, -0.1) is 0 Å². The third-order valence-electron chi connectivity index (χ3n) is 9.87. The van der Waals surface area contributed by atoms with Crippen LogP contribution in [0.1, 0.15) is 0 Å². The Labute approximate surface area is 285 Å². The molecule has 3 heterocycles. The Bertz CT molecular complexity index is 3110. The number of anilines is 3. The maximum absolute atomic E-state index is 6.78. The number of rotatable bonds is 4. The molecule has 0 amide bonds. The first-order valence-corrected chi connectivity index (χ1v) is 16.7. The predicted octanol–water partition coefficient (Wildman–Crippen LogP) is 13.1. The van der Waals surface area contributed by atoms with Crippen LogP contribution in [0.25, 0.3) is 88.0 Å². The van der Waals surface area contributed by atoms with Crippen LogP contribution in [0.4, 0.5) is 17.1 Å². The Hall–Kier alpha value is -6.85. The van der Waals surface area contributed by atoms with E-state index in [0.29, 0.717) is 5.89 Å². The molecule has 8 aromatic carbocycles. The van der Waals surface area contributed by atoms with Crippen LogP contribution in [-0.2, 0) is 0 Å². The molecule has 0 atom stereocenters. The Morgan fingerprint density at radius 2 is 1.12 bits per heavy atom. The van der Waals surface area contributed by atoms with Crippen molar-refractivity contribution < 1.29 is 13.3 Å². The number of furan rings is 2. The molecule has 0 saturated carbocycles. The standard InChI is InChI=1S/C45H26N2O3/c1-2-12-29(13-3-1)47(30-22-25-37-35(26-30)41-31-14-6-4-10-27(31)20-23-39(41)48-37)36-18-8-16-33-42-34(17-9-19-38(42)49-44(33)36)45-46-43-32-15-7-5-11-28(32)21-24-40(43)50-45/h1-26H. The number of benzene rings is 8. The molecule has 11 aromatic rings. The van der Waals surface area contributed by atoms with E-state index >= 15 is 0 Å². The van der Waals surface area contributed by atoms with Crippen molar-refractivity contribution in [2.24, 2.45) is 0 Å². The molecule has 11 rings (SSSR count). The van der Waals surface area contributed by atoms with Gasteiger partial charge in [0.25, 0.3) is 0 Å². The van der Waals surface area contributed by atoms with E-state index in [4.69, 9.17) is 18.2 Å². The zero-order valence-corrected chi connectivity index (χ0v) is 26.6. The molecule has 0 fully saturated rings. The lowest BCUT2D eigenvalue weighted by Gasteiger charge is -2.25. The number of aromatic nitrogens is 1. The van der Waals surface area contributed by atoms with E-state index in [1.807, 2.05) is 36.4 Å². The Morgan fingerprint density at radius 1 is 0.420 bits per heavy atom. The molecule has 234 valence electrons. The van der Waals surface area contributed by atoms with Gasteiger partial charge in [0.15, 0.2) is 11.2 Å². The summed E-state index contributed by atoms with van der Waals surface area (Å²) >= 11 is 0. The maximum atomic E-state index is 6.78. The highest BCUT2D eigenvalue weighted by atomic mass is 16.4. The zero-order chi connectivity index (χ0) is 32.8. The van der Waals surface area contributed by atoms with Crippen LogP contribution < -0.4 is 4.90 Å². The van der Waals surface area contributed by atoms with Gasteiger partial charge in [0.1, 0.15) is 22.3 Å². The summed E-state index contributed by atoms with van der Waals surface area (Å²) in [7, 11) is 0. The number of fused-ring (bicyclic) bond motifs is 11. The minimum absolute atomic E-state index is 0.569. The second-order valence-corrected chi connectivity index (χ2v) is 12.7. The van der Waals surface area contributed by atoms with Gasteiger partial charge < -0.3 is 18.2 Å². The molecular weight excluding hydrogens is 617 g/mol. The third-order valence-corrected chi connectivity index (χ3v) is 9.87. The van der Waals surface area contributed by atoms with E-state index in [9.17, 15) is 0 Å². The molecule has 0 saturated heterocycles. The normalized spacial score (nSPS) is 12.0. The van der Waals surface area contributed by atoms with E-state index in [0.717, 1.165) is 88.4 Å². The van der Waals surface area contributed by atoms with Crippen LogP contribution in [0.3, 0.4) is 0 Å². The van der Waals surface area contributed by atoms with Crippen LogP contribution in [-0.4, -0.2) is 4.98 Å². The summed E-state index contributed by atoms with van der Waals surface area (Å²) in [6.07, 6.45) is 0. The average Bonchev–Trinajstić information content (AvgIpc) is 3.89. The lowest BCUT2D eigenvalue weighted by molar-refractivity contribution is 0.620. The number of hydrogen-bond acceptors (Lipinski definition) is 5. The maximum Gasteiger partial charge on any atom is 0.228 e. The fraction of sp³-hybridized carbons (Fsp3) is 0. The Morgan fingerprint density at radius 3 is 2.00 bits per heavy atom. The molecule has 0 N–H and O–H groups in total. The van der Waals surface area contributed by atoms with Crippen molar-refractivity contribution in [3.63, 3.8) is 0 Å². The SMILES string of the molecule is c1ccc(N(c2ccc3oc4ccc5ccccc5c4c3c2)c2cccc3c2oc2cccc(-c4nc5c(ccc6ccccc65)o4)c23)cc1. The molecule has 5 heteroatoms. The minimum atomic E-state index is 0.569. The summed E-state index contributed by atoms with van der Waals surface area (Å²) < 4.78 is 19.6. The lowest BCUT2D eigenvalue weighted by atomic mass is 10.0. The predicted molar refractivity (Wildman–Crippen MR) is 204 cm³/mol. The second kappa shape index (κ2) is 10.3. The van der Waals surface area contributed by atoms with Crippen molar-refractivity contribution in [3.05, 3.63) is 158 Å². The molecule has 0 spiro atoms. The zero-order valence-electron chi connectivity index (χ0n) is 26.6. The smallest absolute Gasteiger partial charge is 0.228 e. The average molecular weight is 643 g/mol. The summed E-state index contributed by atoms with van der Waals surface area (Å²) in [4.78, 5) is 7.31. The first-order valence-electron chi connectivity index (χ1n) is 16.7. The van der Waals surface area contributed by atoms with Gasteiger partial charge in [0.05, 0.1) is 5.69 Å². The number of para-hydroxylation sites is 2. The molecule has 0 aliphatic heterocycles. The van der Waals surface area contributed by atoms with Gasteiger partial charge in [-0.05, 0) is 76.8 Å². The van der Waals surface area contributed by atoms with Gasteiger partial charge in [-0.3, -0.25) is 0 Å². The van der Waals surface area contributed by atoms with Gasteiger partial charge in [-0.2, -0.15) is 0 Å². The summed E-state index contributed by atoms with van der Waals surface area (Å²) in [5.41, 5.74) is 8.73. The van der Waals surface area contributed by atoms with Crippen LogP contribution in [0.15, 0.2) is 171 Å². The van der Waals surface area contributed by atoms with Crippen LogP contribution in [0.2, 0.25) is 0 Å². The third kappa shape index (κ3) is 3.92. The highest BCUT2D eigenvalue weighted by molar-refractivity contribution is 6.20. The van der Waals surface area contributed by atoms with Crippen LogP contribution >= 0.6 is 0 Å². The molecule has 50 heavy (non-hydrogen) atoms. The lowest BCUT2D eigenvalue weighted by Crippen LogP contribution is -2.10. The van der Waals surface area contributed by atoms with Crippen LogP contribution in [0.5, 0.6) is 0 Å². The molecule has 0 bridgehead atoms. The number of nitrogens with zero attached hydrogens (tertiary/aromatic N) is 2. The van der Waals surface area contributed by atoms with E-state index in [2.05, 4.69) is 126 Å². The molecular formula is C45H26N2O3. The topological polar surface area (TPSA) is 55.6 Å². The first kappa shape index (κ1) is 27.1. The minimum Gasteiger partial charge on any atom is -0.456 e. The number of oxazole rings is 1. The highest BCUT2D eigenvalue weighted by Gasteiger charge is 2.23. The van der Waals surface area contributed by atoms with Crippen LogP contribution in [0, 0.1) is 0 Å². The summed E-state index contributed by atoms with van der Waals surface area (Å²) in [5.74, 6) is 0.569. The van der Waals surface area contributed by atoms with E-state index < -0.39 is 0 Å².